The molecule has 0 unspecified atom stereocenters. The number of carbonyl (C=O) groups excluding carboxylic acids is 1. The molecule has 0 aliphatic carbocycles. The summed E-state index contributed by atoms with van der Waals surface area (Å²) >= 11 is 0. The van der Waals surface area contributed by atoms with Crippen molar-refractivity contribution >= 4 is 16.8 Å². The average molecular weight is 306 g/mol. The molecular weight excluding hydrogens is 288 g/mol. The van der Waals surface area contributed by atoms with Gasteiger partial charge in [0.15, 0.2) is 0 Å². The Kier molecular flexibility index (Phi) is 4.35. The minimum absolute atomic E-state index is 0.0347. The van der Waals surface area contributed by atoms with Crippen LogP contribution in [-0.4, -0.2) is 16.0 Å². The molecule has 3 aromatic rings. The van der Waals surface area contributed by atoms with Crippen molar-refractivity contribution in [3.8, 4) is 0 Å². The Balaban J connectivity index is 1.77. The highest BCUT2D eigenvalue weighted by Crippen LogP contribution is 2.15. The minimum atomic E-state index is -0.139. The van der Waals surface area contributed by atoms with Crippen LogP contribution in [0.15, 0.2) is 54.6 Å². The van der Waals surface area contributed by atoms with Gasteiger partial charge in [-0.15, -0.1) is 0 Å². The fourth-order valence-electron chi connectivity index (χ4n) is 2.53. The Morgan fingerprint density at radius 1 is 1.09 bits per heavy atom. The molecule has 0 spiro atoms. The average Bonchev–Trinajstić information content (AvgIpc) is 2.59. The predicted octanol–water partition coefficient (Wildman–Crippen LogP) is 2.97. The highest BCUT2D eigenvalue weighted by Gasteiger charge is 2.08. The minimum Gasteiger partial charge on any atom is -0.392 e. The van der Waals surface area contributed by atoms with Crippen molar-refractivity contribution in [2.24, 2.45) is 0 Å². The number of hydrogen-bond acceptors (Lipinski definition) is 3. The van der Waals surface area contributed by atoms with E-state index in [1.165, 1.54) is 0 Å². The summed E-state index contributed by atoms with van der Waals surface area (Å²) in [5.41, 5.74) is 4.18. The molecule has 0 fully saturated rings. The number of aliphatic hydroxyl groups excluding tert-OH is 1. The maximum Gasteiger partial charge on any atom is 0.251 e. The fraction of sp³-hybridized carbons (Fsp3) is 0.158. The molecule has 23 heavy (non-hydrogen) atoms. The normalized spacial score (nSPS) is 10.7. The van der Waals surface area contributed by atoms with E-state index >= 15 is 0 Å². The van der Waals surface area contributed by atoms with E-state index in [2.05, 4.69) is 10.3 Å². The molecule has 0 saturated carbocycles. The molecule has 2 N–H and O–H groups in total. The zero-order valence-corrected chi connectivity index (χ0v) is 12.9. The number of aliphatic hydroxyl groups is 1. The van der Waals surface area contributed by atoms with Crippen molar-refractivity contribution in [3.63, 3.8) is 0 Å². The van der Waals surface area contributed by atoms with Gasteiger partial charge in [0.2, 0.25) is 0 Å². The SMILES string of the molecule is Cc1ccc2cc(C(=O)NCc3ccccc3CO)ccc2n1. The molecule has 116 valence electrons. The summed E-state index contributed by atoms with van der Waals surface area (Å²) in [5.74, 6) is -0.139. The lowest BCUT2D eigenvalue weighted by atomic mass is 10.1. The lowest BCUT2D eigenvalue weighted by molar-refractivity contribution is 0.0950. The van der Waals surface area contributed by atoms with E-state index in [-0.39, 0.29) is 12.5 Å². The Morgan fingerprint density at radius 2 is 1.87 bits per heavy atom. The number of amides is 1. The Labute approximate surface area is 134 Å². The Bertz CT molecular complexity index is 859. The molecule has 0 bridgehead atoms. The molecule has 4 nitrogen and oxygen atoms in total. The molecule has 0 saturated heterocycles. The third kappa shape index (κ3) is 3.38. The van der Waals surface area contributed by atoms with E-state index < -0.39 is 0 Å². The second-order valence-corrected chi connectivity index (χ2v) is 5.47. The van der Waals surface area contributed by atoms with Crippen LogP contribution in [0.4, 0.5) is 0 Å². The first kappa shape index (κ1) is 15.2. The standard InChI is InChI=1S/C19H18N2O2/c1-13-6-7-14-10-15(8-9-18(14)21-13)19(23)20-11-16-4-2-3-5-17(16)12-22/h2-10,22H,11-12H2,1H3,(H,20,23). The van der Waals surface area contributed by atoms with Crippen LogP contribution >= 0.6 is 0 Å². The number of rotatable bonds is 4. The van der Waals surface area contributed by atoms with Crippen molar-refractivity contribution in [1.29, 1.82) is 0 Å². The second-order valence-electron chi connectivity index (χ2n) is 5.47. The van der Waals surface area contributed by atoms with Gasteiger partial charge in [-0.2, -0.15) is 0 Å². The first-order chi connectivity index (χ1) is 11.2. The van der Waals surface area contributed by atoms with E-state index in [1.807, 2.05) is 55.5 Å². The highest BCUT2D eigenvalue weighted by atomic mass is 16.3. The van der Waals surface area contributed by atoms with Gasteiger partial charge >= 0.3 is 0 Å². The molecule has 1 aromatic heterocycles. The summed E-state index contributed by atoms with van der Waals surface area (Å²) in [7, 11) is 0. The summed E-state index contributed by atoms with van der Waals surface area (Å²) in [5, 5.41) is 13.2. The smallest absolute Gasteiger partial charge is 0.251 e. The molecule has 1 heterocycles. The molecule has 0 aliphatic rings. The second kappa shape index (κ2) is 6.58. The number of fused-ring (bicyclic) bond motifs is 1. The maximum atomic E-state index is 12.3. The van der Waals surface area contributed by atoms with Gasteiger partial charge in [-0.1, -0.05) is 30.3 Å². The van der Waals surface area contributed by atoms with Crippen LogP contribution < -0.4 is 5.32 Å². The van der Waals surface area contributed by atoms with Gasteiger partial charge in [0.05, 0.1) is 12.1 Å². The predicted molar refractivity (Wildman–Crippen MR) is 90.0 cm³/mol. The number of pyridine rings is 1. The molecular formula is C19H18N2O2. The number of nitrogens with zero attached hydrogens (tertiary/aromatic N) is 1. The van der Waals surface area contributed by atoms with Gasteiger partial charge in [-0.3, -0.25) is 9.78 Å². The van der Waals surface area contributed by atoms with Crippen LogP contribution in [0, 0.1) is 6.92 Å². The van der Waals surface area contributed by atoms with Crippen LogP contribution in [0.25, 0.3) is 10.9 Å². The highest BCUT2D eigenvalue weighted by molar-refractivity contribution is 5.97. The summed E-state index contributed by atoms with van der Waals surface area (Å²) in [6.07, 6.45) is 0. The number of hydrogen-bond donors (Lipinski definition) is 2. The summed E-state index contributed by atoms with van der Waals surface area (Å²) < 4.78 is 0. The van der Waals surface area contributed by atoms with Crippen molar-refractivity contribution in [3.05, 3.63) is 77.0 Å². The lowest BCUT2D eigenvalue weighted by Gasteiger charge is -2.09. The van der Waals surface area contributed by atoms with Gasteiger partial charge in [0.25, 0.3) is 5.91 Å². The van der Waals surface area contributed by atoms with Crippen molar-refractivity contribution in [1.82, 2.24) is 10.3 Å². The fourth-order valence-corrected chi connectivity index (χ4v) is 2.53. The number of nitrogens with one attached hydrogen (secondary N) is 1. The monoisotopic (exact) mass is 306 g/mol. The molecule has 2 aromatic carbocycles. The third-order valence-electron chi connectivity index (χ3n) is 3.82. The maximum absolute atomic E-state index is 12.3. The summed E-state index contributed by atoms with van der Waals surface area (Å²) in [6.45, 7) is 2.30. The van der Waals surface area contributed by atoms with Crippen LogP contribution in [0.5, 0.6) is 0 Å². The van der Waals surface area contributed by atoms with Gasteiger partial charge < -0.3 is 10.4 Å². The van der Waals surface area contributed by atoms with Crippen LogP contribution in [0.2, 0.25) is 0 Å². The number of benzene rings is 2. The van der Waals surface area contributed by atoms with E-state index in [9.17, 15) is 9.90 Å². The summed E-state index contributed by atoms with van der Waals surface area (Å²) in [4.78, 5) is 16.8. The van der Waals surface area contributed by atoms with Gasteiger partial charge in [-0.05, 0) is 42.3 Å². The molecule has 1 amide bonds. The van der Waals surface area contributed by atoms with Gasteiger partial charge in [0, 0.05) is 23.2 Å². The van der Waals surface area contributed by atoms with Gasteiger partial charge in [-0.25, -0.2) is 0 Å². The molecule has 3 rings (SSSR count). The van der Waals surface area contributed by atoms with E-state index in [0.717, 1.165) is 27.7 Å². The lowest BCUT2D eigenvalue weighted by Crippen LogP contribution is -2.23. The Morgan fingerprint density at radius 3 is 2.65 bits per heavy atom. The molecule has 0 aliphatic heterocycles. The van der Waals surface area contributed by atoms with Crippen LogP contribution in [0.3, 0.4) is 0 Å². The van der Waals surface area contributed by atoms with Gasteiger partial charge in [0.1, 0.15) is 0 Å². The topological polar surface area (TPSA) is 62.2 Å². The number of aromatic nitrogens is 1. The first-order valence-corrected chi connectivity index (χ1v) is 7.50. The summed E-state index contributed by atoms with van der Waals surface area (Å²) in [6, 6.07) is 16.9. The van der Waals surface area contributed by atoms with E-state index in [0.29, 0.717) is 12.1 Å². The largest absolute Gasteiger partial charge is 0.392 e. The molecule has 0 atom stereocenters. The quantitative estimate of drug-likeness (QED) is 0.779. The zero-order valence-electron chi connectivity index (χ0n) is 12.9. The number of aryl methyl sites for hydroxylation is 1. The number of carbonyl (C=O) groups is 1. The molecule has 4 heteroatoms. The molecule has 0 radical (unpaired) electrons. The van der Waals surface area contributed by atoms with Crippen molar-refractivity contribution in [2.45, 2.75) is 20.1 Å². The first-order valence-electron chi connectivity index (χ1n) is 7.50. The van der Waals surface area contributed by atoms with Crippen LogP contribution in [-0.2, 0) is 13.2 Å². The van der Waals surface area contributed by atoms with E-state index in [4.69, 9.17) is 0 Å². The van der Waals surface area contributed by atoms with Crippen molar-refractivity contribution in [2.75, 3.05) is 0 Å². The van der Waals surface area contributed by atoms with E-state index in [1.54, 1.807) is 6.07 Å². The zero-order chi connectivity index (χ0) is 16.2. The van der Waals surface area contributed by atoms with Crippen molar-refractivity contribution < 1.29 is 9.90 Å². The Hall–Kier alpha value is -2.72. The van der Waals surface area contributed by atoms with Crippen LogP contribution in [0.1, 0.15) is 27.2 Å². The third-order valence-corrected chi connectivity index (χ3v) is 3.82.